The molecule has 110 valence electrons. The van der Waals surface area contributed by atoms with Gasteiger partial charge in [-0.25, -0.2) is 0 Å². The molecule has 0 unspecified atom stereocenters. The third kappa shape index (κ3) is 12.4. The summed E-state index contributed by atoms with van der Waals surface area (Å²) in [6, 6.07) is 0. The van der Waals surface area contributed by atoms with Crippen LogP contribution in [-0.2, 0) is 9.47 Å². The van der Waals surface area contributed by atoms with Crippen LogP contribution in [0.25, 0.3) is 0 Å². The third-order valence-electron chi connectivity index (χ3n) is 3.06. The molecular formula is C16H34O2. The van der Waals surface area contributed by atoms with Gasteiger partial charge in [0.2, 0.25) is 0 Å². The van der Waals surface area contributed by atoms with Crippen molar-refractivity contribution in [1.82, 2.24) is 0 Å². The van der Waals surface area contributed by atoms with Gasteiger partial charge in [0.05, 0.1) is 0 Å². The van der Waals surface area contributed by atoms with Crippen LogP contribution in [0.1, 0.15) is 85.0 Å². The van der Waals surface area contributed by atoms with Crippen molar-refractivity contribution in [2.24, 2.45) is 0 Å². The predicted octanol–water partition coefficient (Wildman–Crippen LogP) is 5.31. The van der Waals surface area contributed by atoms with Crippen molar-refractivity contribution in [2.75, 3.05) is 13.2 Å². The first kappa shape index (κ1) is 17.9. The lowest BCUT2D eigenvalue weighted by molar-refractivity contribution is -0.146. The van der Waals surface area contributed by atoms with E-state index in [0.29, 0.717) is 0 Å². The molecule has 0 saturated heterocycles. The van der Waals surface area contributed by atoms with Crippen molar-refractivity contribution in [1.29, 1.82) is 0 Å². The molecule has 0 saturated carbocycles. The lowest BCUT2D eigenvalue weighted by atomic mass is 10.1. The molecule has 0 spiro atoms. The Labute approximate surface area is 114 Å². The van der Waals surface area contributed by atoms with E-state index in [1.807, 2.05) is 0 Å². The average molecular weight is 258 g/mol. The predicted molar refractivity (Wildman–Crippen MR) is 78.9 cm³/mol. The number of rotatable bonds is 14. The molecule has 0 heterocycles. The van der Waals surface area contributed by atoms with Crippen LogP contribution >= 0.6 is 0 Å². The van der Waals surface area contributed by atoms with Gasteiger partial charge in [0.15, 0.2) is 6.29 Å². The van der Waals surface area contributed by atoms with Crippen LogP contribution in [0.5, 0.6) is 0 Å². The monoisotopic (exact) mass is 258 g/mol. The zero-order chi connectivity index (χ0) is 13.5. The Morgan fingerprint density at radius 2 is 1.11 bits per heavy atom. The van der Waals surface area contributed by atoms with E-state index in [1.165, 1.54) is 44.9 Å². The molecule has 18 heavy (non-hydrogen) atoms. The highest BCUT2D eigenvalue weighted by Crippen LogP contribution is 2.12. The van der Waals surface area contributed by atoms with Gasteiger partial charge in [-0.15, -0.1) is 0 Å². The molecule has 0 aromatic rings. The first-order valence-electron chi connectivity index (χ1n) is 8.08. The summed E-state index contributed by atoms with van der Waals surface area (Å²) in [6.45, 7) is 8.20. The van der Waals surface area contributed by atoms with Crippen molar-refractivity contribution in [3.05, 3.63) is 0 Å². The van der Waals surface area contributed by atoms with Crippen molar-refractivity contribution < 1.29 is 9.47 Å². The maximum absolute atomic E-state index is 5.72. The highest BCUT2D eigenvalue weighted by atomic mass is 16.7. The van der Waals surface area contributed by atoms with E-state index in [0.717, 1.165) is 32.5 Å². The Morgan fingerprint density at radius 1 is 0.611 bits per heavy atom. The van der Waals surface area contributed by atoms with Crippen LogP contribution in [0.15, 0.2) is 0 Å². The third-order valence-corrected chi connectivity index (χ3v) is 3.06. The standard InChI is InChI=1S/C16H34O2/c1-4-7-8-9-10-11-12-13-16(17-14-5-2)18-15-6-3/h16H,4-15H2,1-3H3. The summed E-state index contributed by atoms with van der Waals surface area (Å²) < 4.78 is 11.4. The largest absolute Gasteiger partial charge is 0.353 e. The summed E-state index contributed by atoms with van der Waals surface area (Å²) in [5.41, 5.74) is 0. The van der Waals surface area contributed by atoms with Crippen LogP contribution in [0.4, 0.5) is 0 Å². The van der Waals surface area contributed by atoms with Crippen LogP contribution in [0.2, 0.25) is 0 Å². The fourth-order valence-electron chi connectivity index (χ4n) is 1.98. The van der Waals surface area contributed by atoms with E-state index in [9.17, 15) is 0 Å². The van der Waals surface area contributed by atoms with Crippen molar-refractivity contribution in [2.45, 2.75) is 91.3 Å². The molecule has 0 N–H and O–H groups in total. The Bertz CT molecular complexity index is 140. The van der Waals surface area contributed by atoms with Crippen molar-refractivity contribution >= 4 is 0 Å². The van der Waals surface area contributed by atoms with Gasteiger partial charge in [0.25, 0.3) is 0 Å². The average Bonchev–Trinajstić information content (AvgIpc) is 2.40. The van der Waals surface area contributed by atoms with Gasteiger partial charge in [-0.3, -0.25) is 0 Å². The van der Waals surface area contributed by atoms with E-state index >= 15 is 0 Å². The lowest BCUT2D eigenvalue weighted by Crippen LogP contribution is -2.18. The number of hydrogen-bond donors (Lipinski definition) is 0. The van der Waals surface area contributed by atoms with Crippen LogP contribution in [0.3, 0.4) is 0 Å². The van der Waals surface area contributed by atoms with Gasteiger partial charge in [0, 0.05) is 13.2 Å². The van der Waals surface area contributed by atoms with Crippen molar-refractivity contribution in [3.63, 3.8) is 0 Å². The molecule has 0 bridgehead atoms. The maximum Gasteiger partial charge on any atom is 0.157 e. The van der Waals surface area contributed by atoms with Gasteiger partial charge in [-0.1, -0.05) is 59.3 Å². The second kappa shape index (κ2) is 15.0. The van der Waals surface area contributed by atoms with Crippen LogP contribution in [-0.4, -0.2) is 19.5 Å². The molecule has 0 aromatic carbocycles. The van der Waals surface area contributed by atoms with E-state index in [1.54, 1.807) is 0 Å². The molecule has 0 fully saturated rings. The minimum atomic E-state index is 0.0422. The minimum absolute atomic E-state index is 0.0422. The SMILES string of the molecule is CCCCCCCCCC(OCCC)OCCC. The molecule has 0 amide bonds. The van der Waals surface area contributed by atoms with E-state index in [2.05, 4.69) is 20.8 Å². The Balaban J connectivity index is 3.43. The number of unbranched alkanes of at least 4 members (excludes halogenated alkanes) is 6. The fraction of sp³-hybridized carbons (Fsp3) is 1.00. The van der Waals surface area contributed by atoms with Gasteiger partial charge in [0.1, 0.15) is 0 Å². The van der Waals surface area contributed by atoms with Crippen LogP contribution < -0.4 is 0 Å². The molecule has 0 aliphatic heterocycles. The summed E-state index contributed by atoms with van der Waals surface area (Å²) in [5, 5.41) is 0. The van der Waals surface area contributed by atoms with Crippen molar-refractivity contribution in [3.8, 4) is 0 Å². The Kier molecular flexibility index (Phi) is 14.9. The number of ether oxygens (including phenoxy) is 2. The normalized spacial score (nSPS) is 11.3. The van der Waals surface area contributed by atoms with Gasteiger partial charge >= 0.3 is 0 Å². The summed E-state index contributed by atoms with van der Waals surface area (Å²) in [6.07, 6.45) is 12.7. The molecule has 0 aromatic heterocycles. The quantitative estimate of drug-likeness (QED) is 0.311. The topological polar surface area (TPSA) is 18.5 Å². The number of hydrogen-bond acceptors (Lipinski definition) is 2. The van der Waals surface area contributed by atoms with E-state index in [-0.39, 0.29) is 6.29 Å². The molecule has 0 rings (SSSR count). The highest BCUT2D eigenvalue weighted by Gasteiger charge is 2.07. The van der Waals surface area contributed by atoms with Gasteiger partial charge in [-0.05, 0) is 25.7 Å². The molecule has 0 radical (unpaired) electrons. The smallest absolute Gasteiger partial charge is 0.157 e. The molecule has 0 atom stereocenters. The second-order valence-electron chi connectivity index (χ2n) is 5.08. The fourth-order valence-corrected chi connectivity index (χ4v) is 1.98. The molecule has 2 nitrogen and oxygen atoms in total. The van der Waals surface area contributed by atoms with E-state index in [4.69, 9.17) is 9.47 Å². The molecular weight excluding hydrogens is 224 g/mol. The summed E-state index contributed by atoms with van der Waals surface area (Å²) in [7, 11) is 0. The highest BCUT2D eigenvalue weighted by molar-refractivity contribution is 4.50. The zero-order valence-corrected chi connectivity index (χ0v) is 12.9. The maximum atomic E-state index is 5.72. The summed E-state index contributed by atoms with van der Waals surface area (Å²) >= 11 is 0. The first-order valence-corrected chi connectivity index (χ1v) is 8.08. The van der Waals surface area contributed by atoms with Gasteiger partial charge in [-0.2, -0.15) is 0 Å². The molecule has 0 aliphatic rings. The van der Waals surface area contributed by atoms with Gasteiger partial charge < -0.3 is 9.47 Å². The molecule has 0 aliphatic carbocycles. The molecule has 2 heteroatoms. The second-order valence-corrected chi connectivity index (χ2v) is 5.08. The minimum Gasteiger partial charge on any atom is -0.353 e. The first-order chi connectivity index (χ1) is 8.85. The lowest BCUT2D eigenvalue weighted by Gasteiger charge is -2.18. The van der Waals surface area contributed by atoms with E-state index < -0.39 is 0 Å². The zero-order valence-electron chi connectivity index (χ0n) is 12.9. The Morgan fingerprint density at radius 3 is 1.61 bits per heavy atom. The van der Waals surface area contributed by atoms with Crippen LogP contribution in [0, 0.1) is 0 Å². The summed E-state index contributed by atoms with van der Waals surface area (Å²) in [5.74, 6) is 0. The Hall–Kier alpha value is -0.0800. The summed E-state index contributed by atoms with van der Waals surface area (Å²) in [4.78, 5) is 0.